The van der Waals surface area contributed by atoms with Gasteiger partial charge < -0.3 is 35.4 Å². The van der Waals surface area contributed by atoms with E-state index in [1.807, 2.05) is 13.0 Å². The number of piperidine rings is 1. The Morgan fingerprint density at radius 2 is 1.91 bits per heavy atom. The fourth-order valence-corrected chi connectivity index (χ4v) is 6.51. The van der Waals surface area contributed by atoms with E-state index in [0.29, 0.717) is 43.5 Å². The standard InChI is InChI=1S/C31H36F2N8O4/c1-18-16-40(17-23(34)28(18)39(2)30(42)44-3)26-6-9-35-15-25(26)37-29-36-14-20-4-5-24(38-41(20)29)27-21(32)12-19(13-22(27)33)31(43)7-10-45-11-8-31/h4-6,9,12-15,18,23,28,43H,7-8,10-11,16-17,34H2,1-3H3,(H,36,37). The number of hydrogen-bond acceptors (Lipinski definition) is 10. The summed E-state index contributed by atoms with van der Waals surface area (Å²) in [6, 6.07) is 6.84. The van der Waals surface area contributed by atoms with E-state index in [4.69, 9.17) is 15.2 Å². The molecule has 14 heteroatoms. The van der Waals surface area contributed by atoms with Gasteiger partial charge in [-0.1, -0.05) is 6.92 Å². The van der Waals surface area contributed by atoms with Crippen molar-refractivity contribution in [1.82, 2.24) is 24.5 Å². The highest BCUT2D eigenvalue weighted by Gasteiger charge is 2.38. The molecular formula is C31H36F2N8O4. The van der Waals surface area contributed by atoms with Gasteiger partial charge in [0.2, 0.25) is 5.95 Å². The molecule has 3 aromatic heterocycles. The predicted octanol–water partition coefficient (Wildman–Crippen LogP) is 3.66. The Balaban J connectivity index is 1.28. The summed E-state index contributed by atoms with van der Waals surface area (Å²) in [5.74, 6) is -1.31. The SMILES string of the molecule is COC(=O)N(C)C1C(C)CN(c2ccncc2Nc2ncc3ccc(-c4c(F)cc(C5(O)CCOCC5)cc4F)nn23)CC1N. The van der Waals surface area contributed by atoms with Crippen LogP contribution >= 0.6 is 0 Å². The molecule has 1 amide bonds. The van der Waals surface area contributed by atoms with Crippen LogP contribution in [0.15, 0.2) is 48.9 Å². The number of anilines is 3. The number of nitrogens with two attached hydrogens (primary N) is 1. The topological polar surface area (TPSA) is 143 Å². The van der Waals surface area contributed by atoms with E-state index in [1.165, 1.54) is 29.8 Å². The zero-order valence-electron chi connectivity index (χ0n) is 25.3. The maximum atomic E-state index is 15.4. The molecular weight excluding hydrogens is 586 g/mol. The predicted molar refractivity (Wildman–Crippen MR) is 163 cm³/mol. The average molecular weight is 623 g/mol. The van der Waals surface area contributed by atoms with Gasteiger partial charge in [-0.15, -0.1) is 0 Å². The molecule has 3 atom stereocenters. The van der Waals surface area contributed by atoms with Crippen LogP contribution in [0, 0.1) is 17.6 Å². The van der Waals surface area contributed by atoms with E-state index in [0.717, 1.165) is 5.69 Å². The third-order valence-corrected chi connectivity index (χ3v) is 8.80. The van der Waals surface area contributed by atoms with Gasteiger partial charge in [0.05, 0.1) is 59.3 Å². The van der Waals surface area contributed by atoms with Crippen LogP contribution in [-0.4, -0.2) is 88.2 Å². The smallest absolute Gasteiger partial charge is 0.409 e. The molecule has 2 saturated heterocycles. The van der Waals surface area contributed by atoms with Crippen molar-refractivity contribution in [2.45, 2.75) is 37.5 Å². The van der Waals surface area contributed by atoms with Crippen molar-refractivity contribution in [3.63, 3.8) is 0 Å². The Hall–Kier alpha value is -4.40. The number of imidazole rings is 1. The molecule has 0 aliphatic carbocycles. The lowest BCUT2D eigenvalue weighted by Crippen LogP contribution is -2.62. The third-order valence-electron chi connectivity index (χ3n) is 8.80. The number of fused-ring (bicyclic) bond motifs is 1. The van der Waals surface area contributed by atoms with Crippen molar-refractivity contribution < 1.29 is 28.2 Å². The van der Waals surface area contributed by atoms with Crippen LogP contribution in [0.2, 0.25) is 0 Å². The summed E-state index contributed by atoms with van der Waals surface area (Å²) in [6.45, 7) is 3.74. The number of amides is 1. The Morgan fingerprint density at radius 1 is 1.18 bits per heavy atom. The number of hydrogen-bond donors (Lipinski definition) is 3. The van der Waals surface area contributed by atoms with Gasteiger partial charge in [-0.05, 0) is 41.8 Å². The summed E-state index contributed by atoms with van der Waals surface area (Å²) in [5.41, 5.74) is 7.20. The number of nitrogens with zero attached hydrogens (tertiary/aromatic N) is 6. The van der Waals surface area contributed by atoms with Gasteiger partial charge in [0, 0.05) is 58.4 Å². The molecule has 4 aromatic rings. The van der Waals surface area contributed by atoms with Crippen molar-refractivity contribution in [3.05, 3.63) is 66.1 Å². The number of halogens is 2. The molecule has 0 saturated carbocycles. The highest BCUT2D eigenvalue weighted by molar-refractivity contribution is 5.74. The first kappa shape index (κ1) is 30.6. The summed E-state index contributed by atoms with van der Waals surface area (Å²) in [5, 5.41) is 18.8. The third kappa shape index (κ3) is 5.76. The molecule has 4 N–H and O–H groups in total. The minimum Gasteiger partial charge on any atom is -0.453 e. The molecule has 238 valence electrons. The summed E-state index contributed by atoms with van der Waals surface area (Å²) in [4.78, 5) is 24.6. The Labute approximate surface area is 258 Å². The zero-order chi connectivity index (χ0) is 31.9. The normalized spacial score (nSPS) is 21.5. The Morgan fingerprint density at radius 3 is 2.60 bits per heavy atom. The van der Waals surface area contributed by atoms with Crippen molar-refractivity contribution in [1.29, 1.82) is 0 Å². The molecule has 45 heavy (non-hydrogen) atoms. The number of rotatable bonds is 6. The quantitative estimate of drug-likeness (QED) is 0.292. The van der Waals surface area contributed by atoms with E-state index in [9.17, 15) is 9.90 Å². The highest BCUT2D eigenvalue weighted by Crippen LogP contribution is 2.36. The molecule has 0 radical (unpaired) electrons. The average Bonchev–Trinajstić information content (AvgIpc) is 3.42. The van der Waals surface area contributed by atoms with Gasteiger partial charge in [0.1, 0.15) is 11.6 Å². The van der Waals surface area contributed by atoms with Crippen molar-refractivity contribution in [2.24, 2.45) is 11.7 Å². The largest absolute Gasteiger partial charge is 0.453 e. The lowest BCUT2D eigenvalue weighted by atomic mass is 9.85. The number of methoxy groups -OCH3 is 1. The number of carbonyl (C=O) groups excluding carboxylic acids is 1. The van der Waals surface area contributed by atoms with E-state index >= 15 is 8.78 Å². The van der Waals surface area contributed by atoms with Crippen LogP contribution < -0.4 is 16.0 Å². The van der Waals surface area contributed by atoms with Crippen LogP contribution in [0.4, 0.5) is 30.9 Å². The van der Waals surface area contributed by atoms with Crippen LogP contribution in [0.5, 0.6) is 0 Å². The number of aromatic nitrogens is 4. The zero-order valence-corrected chi connectivity index (χ0v) is 25.3. The fourth-order valence-electron chi connectivity index (χ4n) is 6.51. The van der Waals surface area contributed by atoms with Gasteiger partial charge in [-0.25, -0.2) is 18.6 Å². The molecule has 0 spiro atoms. The van der Waals surface area contributed by atoms with Gasteiger partial charge in [-0.3, -0.25) is 4.98 Å². The van der Waals surface area contributed by atoms with Gasteiger partial charge in [0.15, 0.2) is 0 Å². The van der Waals surface area contributed by atoms with Gasteiger partial charge in [-0.2, -0.15) is 9.61 Å². The Kier molecular flexibility index (Phi) is 8.29. The molecule has 2 aliphatic heterocycles. The maximum absolute atomic E-state index is 15.4. The first-order chi connectivity index (χ1) is 21.6. The van der Waals surface area contributed by atoms with Crippen molar-refractivity contribution in [2.75, 3.05) is 50.7 Å². The summed E-state index contributed by atoms with van der Waals surface area (Å²) in [7, 11) is 3.03. The Bertz CT molecular complexity index is 1680. The van der Waals surface area contributed by atoms with E-state index in [1.54, 1.807) is 36.6 Å². The molecule has 3 unspecified atom stereocenters. The molecule has 2 aliphatic rings. The highest BCUT2D eigenvalue weighted by atomic mass is 19.1. The van der Waals surface area contributed by atoms with Gasteiger partial charge >= 0.3 is 6.09 Å². The molecule has 12 nitrogen and oxygen atoms in total. The second kappa shape index (κ2) is 12.2. The summed E-state index contributed by atoms with van der Waals surface area (Å²) in [6.07, 6.45) is 4.99. The van der Waals surface area contributed by atoms with Crippen LogP contribution in [0.3, 0.4) is 0 Å². The molecule has 6 rings (SSSR count). The number of carbonyl (C=O) groups is 1. The number of ether oxygens (including phenoxy) is 2. The van der Waals surface area contributed by atoms with Crippen LogP contribution in [0.25, 0.3) is 16.8 Å². The lowest BCUT2D eigenvalue weighted by Gasteiger charge is -2.45. The molecule has 0 bridgehead atoms. The summed E-state index contributed by atoms with van der Waals surface area (Å²) < 4.78 is 42.6. The minimum atomic E-state index is -1.35. The molecule has 5 heterocycles. The van der Waals surface area contributed by atoms with Crippen LogP contribution in [-0.2, 0) is 15.1 Å². The van der Waals surface area contributed by atoms with E-state index in [-0.39, 0.29) is 47.7 Å². The van der Waals surface area contributed by atoms with Crippen LogP contribution in [0.1, 0.15) is 25.3 Å². The first-order valence-electron chi connectivity index (χ1n) is 14.8. The second-order valence-electron chi connectivity index (χ2n) is 11.7. The number of nitrogens with one attached hydrogen (secondary N) is 1. The van der Waals surface area contributed by atoms with Crippen molar-refractivity contribution in [3.8, 4) is 11.3 Å². The molecule has 2 fully saturated rings. The minimum absolute atomic E-state index is 0.0266. The number of benzene rings is 1. The first-order valence-corrected chi connectivity index (χ1v) is 14.8. The van der Waals surface area contributed by atoms with E-state index < -0.39 is 23.3 Å². The van der Waals surface area contributed by atoms with Gasteiger partial charge in [0.25, 0.3) is 0 Å². The lowest BCUT2D eigenvalue weighted by molar-refractivity contribution is -0.0682. The number of likely N-dealkylation sites (N-methyl/N-ethyl adjacent to an activating group) is 1. The van der Waals surface area contributed by atoms with Crippen molar-refractivity contribution >= 4 is 28.9 Å². The fraction of sp³-hybridized carbons (Fsp3) is 0.419. The van der Waals surface area contributed by atoms with E-state index in [2.05, 4.69) is 25.3 Å². The monoisotopic (exact) mass is 622 g/mol. The number of aliphatic hydroxyl groups is 1. The maximum Gasteiger partial charge on any atom is 0.409 e. The molecule has 1 aromatic carbocycles. The summed E-state index contributed by atoms with van der Waals surface area (Å²) >= 11 is 0. The second-order valence-corrected chi connectivity index (χ2v) is 11.7. The number of pyridine rings is 1.